The summed E-state index contributed by atoms with van der Waals surface area (Å²) >= 11 is 0. The number of sulfone groups is 1. The average Bonchev–Trinajstić information content (AvgIpc) is 3.07. The standard InChI is InChI=1S/C19H16N2O6S/c1-28(24,25)14-6-4-5-13(11-14)20-17(22)12-26-19(23)10-9-18-21-15-7-2-3-8-16(15)27-18/h2-11H,12H2,1H3,(H,20,22)/b10-9+. The number of fused-ring (bicyclic) bond motifs is 1. The lowest BCUT2D eigenvalue weighted by Gasteiger charge is -2.06. The third-order valence-corrected chi connectivity index (χ3v) is 4.67. The quantitative estimate of drug-likeness (QED) is 0.499. The minimum Gasteiger partial charge on any atom is -0.452 e. The lowest BCUT2D eigenvalue weighted by molar-refractivity contribution is -0.142. The maximum atomic E-state index is 11.9. The molecule has 0 unspecified atom stereocenters. The van der Waals surface area contributed by atoms with Crippen molar-refractivity contribution in [3.63, 3.8) is 0 Å². The summed E-state index contributed by atoms with van der Waals surface area (Å²) in [6.07, 6.45) is 3.51. The van der Waals surface area contributed by atoms with Gasteiger partial charge in [-0.05, 0) is 30.3 Å². The summed E-state index contributed by atoms with van der Waals surface area (Å²) in [6, 6.07) is 12.9. The van der Waals surface area contributed by atoms with Gasteiger partial charge in [-0.15, -0.1) is 0 Å². The van der Waals surface area contributed by atoms with Crippen molar-refractivity contribution >= 4 is 44.6 Å². The zero-order valence-corrected chi connectivity index (χ0v) is 15.6. The van der Waals surface area contributed by atoms with Gasteiger partial charge in [0.05, 0.1) is 4.90 Å². The topological polar surface area (TPSA) is 116 Å². The SMILES string of the molecule is CS(=O)(=O)c1cccc(NC(=O)COC(=O)/C=C/c2nc3ccccc3o2)c1. The molecule has 0 bridgehead atoms. The Morgan fingerprint density at radius 1 is 1.18 bits per heavy atom. The van der Waals surface area contributed by atoms with E-state index in [1.807, 2.05) is 6.07 Å². The molecular formula is C19H16N2O6S. The van der Waals surface area contributed by atoms with Gasteiger partial charge in [0.2, 0.25) is 5.89 Å². The molecule has 0 radical (unpaired) electrons. The monoisotopic (exact) mass is 400 g/mol. The number of rotatable bonds is 6. The van der Waals surface area contributed by atoms with Crippen LogP contribution in [0.4, 0.5) is 5.69 Å². The third-order valence-electron chi connectivity index (χ3n) is 3.56. The maximum absolute atomic E-state index is 11.9. The van der Waals surface area contributed by atoms with Crippen LogP contribution in [0.25, 0.3) is 17.2 Å². The Morgan fingerprint density at radius 3 is 2.71 bits per heavy atom. The molecule has 1 aromatic heterocycles. The summed E-state index contributed by atoms with van der Waals surface area (Å²) < 4.78 is 33.3. The van der Waals surface area contributed by atoms with E-state index < -0.39 is 28.3 Å². The highest BCUT2D eigenvalue weighted by Gasteiger charge is 2.10. The molecule has 0 saturated carbocycles. The highest BCUT2D eigenvalue weighted by atomic mass is 32.2. The average molecular weight is 400 g/mol. The fraction of sp³-hybridized carbons (Fsp3) is 0.105. The molecule has 0 aliphatic heterocycles. The number of esters is 1. The molecule has 8 nitrogen and oxygen atoms in total. The van der Waals surface area contributed by atoms with Crippen molar-refractivity contribution in [2.75, 3.05) is 18.2 Å². The molecule has 0 aliphatic rings. The minimum atomic E-state index is -3.39. The van der Waals surface area contributed by atoms with E-state index in [1.165, 1.54) is 30.3 Å². The fourth-order valence-electron chi connectivity index (χ4n) is 2.29. The van der Waals surface area contributed by atoms with E-state index in [-0.39, 0.29) is 16.5 Å². The molecule has 0 fully saturated rings. The number of oxazole rings is 1. The molecule has 9 heteroatoms. The van der Waals surface area contributed by atoms with E-state index in [0.717, 1.165) is 12.3 Å². The molecule has 3 rings (SSSR count). The summed E-state index contributed by atoms with van der Waals surface area (Å²) in [6.45, 7) is -0.528. The number of amides is 1. The lowest BCUT2D eigenvalue weighted by Crippen LogP contribution is -2.20. The van der Waals surface area contributed by atoms with Crippen molar-refractivity contribution in [3.05, 3.63) is 60.5 Å². The van der Waals surface area contributed by atoms with Crippen LogP contribution in [0.15, 0.2) is 63.9 Å². The number of carbonyl (C=O) groups excluding carboxylic acids is 2. The number of benzene rings is 2. The van der Waals surface area contributed by atoms with Crippen molar-refractivity contribution in [1.82, 2.24) is 4.98 Å². The number of aromatic nitrogens is 1. The van der Waals surface area contributed by atoms with Crippen LogP contribution in [0, 0.1) is 0 Å². The van der Waals surface area contributed by atoms with Gasteiger partial charge < -0.3 is 14.5 Å². The van der Waals surface area contributed by atoms with Crippen molar-refractivity contribution in [1.29, 1.82) is 0 Å². The second kappa shape index (κ2) is 8.05. The van der Waals surface area contributed by atoms with Gasteiger partial charge >= 0.3 is 5.97 Å². The molecule has 0 saturated heterocycles. The zero-order valence-electron chi connectivity index (χ0n) is 14.8. The highest BCUT2D eigenvalue weighted by Crippen LogP contribution is 2.16. The first-order valence-corrected chi connectivity index (χ1v) is 10.0. The van der Waals surface area contributed by atoms with Crippen molar-refractivity contribution < 1.29 is 27.2 Å². The molecule has 2 aromatic carbocycles. The van der Waals surface area contributed by atoms with E-state index in [0.29, 0.717) is 11.1 Å². The number of ether oxygens (including phenoxy) is 1. The number of nitrogens with zero attached hydrogens (tertiary/aromatic N) is 1. The Bertz CT molecular complexity index is 1130. The molecule has 144 valence electrons. The van der Waals surface area contributed by atoms with Gasteiger partial charge in [-0.3, -0.25) is 4.79 Å². The highest BCUT2D eigenvalue weighted by molar-refractivity contribution is 7.90. The lowest BCUT2D eigenvalue weighted by atomic mass is 10.3. The van der Waals surface area contributed by atoms with Crippen molar-refractivity contribution in [2.24, 2.45) is 0 Å². The smallest absolute Gasteiger partial charge is 0.331 e. The summed E-state index contributed by atoms with van der Waals surface area (Å²) in [7, 11) is -3.39. The molecular weight excluding hydrogens is 384 g/mol. The van der Waals surface area contributed by atoms with E-state index in [9.17, 15) is 18.0 Å². The number of hydrogen-bond acceptors (Lipinski definition) is 7. The first kappa shape index (κ1) is 19.3. The molecule has 0 aliphatic carbocycles. The van der Waals surface area contributed by atoms with Gasteiger partial charge in [-0.1, -0.05) is 18.2 Å². The predicted octanol–water partition coefficient (Wildman–Crippen LogP) is 2.43. The third kappa shape index (κ3) is 5.04. The van der Waals surface area contributed by atoms with Gasteiger partial charge in [0, 0.05) is 24.1 Å². The summed E-state index contributed by atoms with van der Waals surface area (Å²) in [4.78, 5) is 27.9. The number of para-hydroxylation sites is 2. The Labute approximate surface area is 160 Å². The van der Waals surface area contributed by atoms with Crippen molar-refractivity contribution in [2.45, 2.75) is 4.90 Å². The summed E-state index contributed by atoms with van der Waals surface area (Å²) in [5, 5.41) is 2.47. The van der Waals surface area contributed by atoms with Crippen LogP contribution in [0.1, 0.15) is 5.89 Å². The Hall–Kier alpha value is -3.46. The van der Waals surface area contributed by atoms with E-state index >= 15 is 0 Å². The van der Waals surface area contributed by atoms with E-state index in [2.05, 4.69) is 10.3 Å². The number of carbonyl (C=O) groups is 2. The van der Waals surface area contributed by atoms with E-state index in [4.69, 9.17) is 9.15 Å². The van der Waals surface area contributed by atoms with Gasteiger partial charge in [0.1, 0.15) is 5.52 Å². The van der Waals surface area contributed by atoms with Crippen molar-refractivity contribution in [3.8, 4) is 0 Å². The van der Waals surface area contributed by atoms with Crippen LogP contribution in [-0.2, 0) is 24.2 Å². The number of hydrogen-bond donors (Lipinski definition) is 1. The first-order valence-electron chi connectivity index (χ1n) is 8.12. The molecule has 0 spiro atoms. The zero-order chi connectivity index (χ0) is 20.1. The van der Waals surface area contributed by atoms with Crippen LogP contribution in [0.3, 0.4) is 0 Å². The molecule has 1 N–H and O–H groups in total. The van der Waals surface area contributed by atoms with Gasteiger partial charge in [0.15, 0.2) is 22.0 Å². The number of nitrogens with one attached hydrogen (secondary N) is 1. The Balaban J connectivity index is 1.53. The Kier molecular flexibility index (Phi) is 5.55. The second-order valence-electron chi connectivity index (χ2n) is 5.81. The fourth-order valence-corrected chi connectivity index (χ4v) is 2.95. The summed E-state index contributed by atoms with van der Waals surface area (Å²) in [5.41, 5.74) is 1.53. The largest absolute Gasteiger partial charge is 0.452 e. The molecule has 28 heavy (non-hydrogen) atoms. The normalized spacial score (nSPS) is 11.6. The van der Waals surface area contributed by atoms with Crippen LogP contribution in [0.5, 0.6) is 0 Å². The van der Waals surface area contributed by atoms with Gasteiger partial charge in [-0.25, -0.2) is 18.2 Å². The number of anilines is 1. The summed E-state index contributed by atoms with van der Waals surface area (Å²) in [5.74, 6) is -1.11. The Morgan fingerprint density at radius 2 is 1.96 bits per heavy atom. The first-order chi connectivity index (χ1) is 13.3. The minimum absolute atomic E-state index is 0.0727. The van der Waals surface area contributed by atoms with Crippen LogP contribution < -0.4 is 5.32 Å². The molecule has 1 amide bonds. The maximum Gasteiger partial charge on any atom is 0.331 e. The van der Waals surface area contributed by atoms with Crippen LogP contribution in [0.2, 0.25) is 0 Å². The van der Waals surface area contributed by atoms with Gasteiger partial charge in [-0.2, -0.15) is 0 Å². The molecule has 1 heterocycles. The molecule has 3 aromatic rings. The van der Waals surface area contributed by atoms with E-state index in [1.54, 1.807) is 18.2 Å². The van der Waals surface area contributed by atoms with Gasteiger partial charge in [0.25, 0.3) is 5.91 Å². The molecule has 0 atom stereocenters. The second-order valence-corrected chi connectivity index (χ2v) is 7.82. The van der Waals surface area contributed by atoms with Crippen LogP contribution >= 0.6 is 0 Å². The predicted molar refractivity (Wildman–Crippen MR) is 102 cm³/mol. The van der Waals surface area contributed by atoms with Crippen LogP contribution in [-0.4, -0.2) is 38.1 Å².